The van der Waals surface area contributed by atoms with Gasteiger partial charge in [0.1, 0.15) is 5.82 Å². The molecule has 15 heavy (non-hydrogen) atoms. The first-order chi connectivity index (χ1) is 7.36. The van der Waals surface area contributed by atoms with Crippen LogP contribution in [-0.2, 0) is 4.79 Å². The second kappa shape index (κ2) is 2.40. The Morgan fingerprint density at radius 2 is 2.40 bits per heavy atom. The van der Waals surface area contributed by atoms with Crippen LogP contribution >= 0.6 is 0 Å². The number of aromatic nitrogens is 1. The van der Waals surface area contributed by atoms with Crippen LogP contribution in [0.5, 0.6) is 0 Å². The smallest absolute Gasteiger partial charge is 0.228 e. The summed E-state index contributed by atoms with van der Waals surface area (Å²) in [6, 6.07) is 4.57. The summed E-state index contributed by atoms with van der Waals surface area (Å²) in [5, 5.41) is 0. The Morgan fingerprint density at radius 1 is 1.47 bits per heavy atom. The average Bonchev–Trinajstić information content (AvgIpc) is 2.51. The molecule has 4 rings (SSSR count). The van der Waals surface area contributed by atoms with E-state index >= 15 is 0 Å². The molecule has 1 unspecified atom stereocenters. The van der Waals surface area contributed by atoms with Crippen LogP contribution in [0.3, 0.4) is 0 Å². The van der Waals surface area contributed by atoms with E-state index in [1.807, 2.05) is 11.0 Å². The lowest BCUT2D eigenvalue weighted by Gasteiger charge is -2.47. The number of carbonyl (C=O) groups is 1. The van der Waals surface area contributed by atoms with Crippen LogP contribution in [0, 0.1) is 5.92 Å². The summed E-state index contributed by atoms with van der Waals surface area (Å²) < 4.78 is 0. The van der Waals surface area contributed by atoms with Gasteiger partial charge in [-0.3, -0.25) is 9.69 Å². The summed E-state index contributed by atoms with van der Waals surface area (Å²) >= 11 is 0. The first-order valence-electron chi connectivity index (χ1n) is 5.63. The lowest BCUT2D eigenvalue weighted by atomic mass is 9.65. The minimum atomic E-state index is 0.276. The van der Waals surface area contributed by atoms with Crippen molar-refractivity contribution in [3.05, 3.63) is 23.9 Å². The minimum absolute atomic E-state index is 0.276. The van der Waals surface area contributed by atoms with Gasteiger partial charge in [0.25, 0.3) is 0 Å². The number of fused-ring (bicyclic) bond motifs is 3. The predicted molar refractivity (Wildman–Crippen MR) is 55.6 cm³/mol. The number of piperidine rings is 1. The fourth-order valence-corrected chi connectivity index (χ4v) is 3.48. The minimum Gasteiger partial charge on any atom is -0.293 e. The maximum Gasteiger partial charge on any atom is 0.228 e. The molecule has 0 bridgehead atoms. The van der Waals surface area contributed by atoms with Crippen LogP contribution in [0.2, 0.25) is 0 Å². The SMILES string of the molecule is O=C1CCC2C[C@H]3c4cccnc4N1[C@@H]23. The van der Waals surface area contributed by atoms with Crippen molar-refractivity contribution in [3.63, 3.8) is 0 Å². The van der Waals surface area contributed by atoms with Crippen LogP contribution in [0.1, 0.15) is 30.7 Å². The van der Waals surface area contributed by atoms with E-state index in [0.29, 0.717) is 18.4 Å². The summed E-state index contributed by atoms with van der Waals surface area (Å²) in [5.41, 5.74) is 1.30. The maximum absolute atomic E-state index is 11.9. The van der Waals surface area contributed by atoms with E-state index in [2.05, 4.69) is 11.1 Å². The molecule has 3 atom stereocenters. The van der Waals surface area contributed by atoms with Crippen LogP contribution in [0.4, 0.5) is 5.82 Å². The Kier molecular flexibility index (Phi) is 1.26. The van der Waals surface area contributed by atoms with Gasteiger partial charge >= 0.3 is 0 Å². The third-order valence-corrected chi connectivity index (χ3v) is 4.19. The lowest BCUT2D eigenvalue weighted by Crippen LogP contribution is -2.54. The van der Waals surface area contributed by atoms with Crippen molar-refractivity contribution in [2.75, 3.05) is 4.90 Å². The molecule has 1 saturated heterocycles. The number of pyridine rings is 1. The first-order valence-corrected chi connectivity index (χ1v) is 5.63. The highest BCUT2D eigenvalue weighted by molar-refractivity contribution is 5.97. The fourth-order valence-electron chi connectivity index (χ4n) is 3.48. The summed E-state index contributed by atoms with van der Waals surface area (Å²) in [6.45, 7) is 0. The van der Waals surface area contributed by atoms with E-state index in [4.69, 9.17) is 0 Å². The number of hydrogen-bond acceptors (Lipinski definition) is 2. The van der Waals surface area contributed by atoms with E-state index in [1.165, 1.54) is 12.0 Å². The highest BCUT2D eigenvalue weighted by Gasteiger charge is 2.55. The number of rotatable bonds is 0. The van der Waals surface area contributed by atoms with Crippen molar-refractivity contribution < 1.29 is 4.79 Å². The topological polar surface area (TPSA) is 33.2 Å². The van der Waals surface area contributed by atoms with Gasteiger partial charge in [0.2, 0.25) is 5.91 Å². The van der Waals surface area contributed by atoms with Crippen LogP contribution in [0.25, 0.3) is 0 Å². The molecule has 2 aliphatic heterocycles. The molecule has 0 radical (unpaired) electrons. The number of nitrogens with zero attached hydrogens (tertiary/aromatic N) is 2. The molecule has 1 amide bonds. The van der Waals surface area contributed by atoms with Crippen molar-refractivity contribution in [1.82, 2.24) is 4.98 Å². The Morgan fingerprint density at radius 3 is 3.33 bits per heavy atom. The summed E-state index contributed by atoms with van der Waals surface area (Å²) in [6.07, 6.45) is 4.85. The van der Waals surface area contributed by atoms with Crippen LogP contribution in [0.15, 0.2) is 18.3 Å². The quantitative estimate of drug-likeness (QED) is 0.638. The normalized spacial score (nSPS) is 35.9. The molecule has 3 aliphatic rings. The molecule has 1 aromatic heterocycles. The molecule has 0 spiro atoms. The Labute approximate surface area is 88.1 Å². The second-order valence-electron chi connectivity index (χ2n) is 4.81. The number of carbonyl (C=O) groups excluding carboxylic acids is 1. The molecule has 1 saturated carbocycles. The highest BCUT2D eigenvalue weighted by Crippen LogP contribution is 2.57. The van der Waals surface area contributed by atoms with Gasteiger partial charge in [-0.1, -0.05) is 6.07 Å². The number of anilines is 1. The predicted octanol–water partition coefficient (Wildman–Crippen LogP) is 1.69. The zero-order chi connectivity index (χ0) is 9.99. The molecule has 0 N–H and O–H groups in total. The van der Waals surface area contributed by atoms with E-state index < -0.39 is 0 Å². The lowest BCUT2D eigenvalue weighted by molar-refractivity contribution is -0.122. The van der Waals surface area contributed by atoms with Gasteiger partial charge < -0.3 is 0 Å². The van der Waals surface area contributed by atoms with Gasteiger partial charge in [-0.05, 0) is 24.8 Å². The van der Waals surface area contributed by atoms with Crippen molar-refractivity contribution in [2.45, 2.75) is 31.2 Å². The third-order valence-electron chi connectivity index (χ3n) is 4.19. The van der Waals surface area contributed by atoms with Crippen molar-refractivity contribution in [2.24, 2.45) is 5.92 Å². The zero-order valence-electron chi connectivity index (χ0n) is 8.39. The molecule has 1 aromatic rings. The first kappa shape index (κ1) is 7.85. The number of amides is 1. The molecular weight excluding hydrogens is 188 g/mol. The summed E-state index contributed by atoms with van der Waals surface area (Å²) in [4.78, 5) is 18.2. The van der Waals surface area contributed by atoms with Gasteiger partial charge in [0.15, 0.2) is 0 Å². The van der Waals surface area contributed by atoms with Crippen LogP contribution in [-0.4, -0.2) is 16.9 Å². The Bertz CT molecular complexity index is 457. The monoisotopic (exact) mass is 200 g/mol. The Balaban J connectivity index is 1.91. The molecule has 76 valence electrons. The third kappa shape index (κ3) is 0.784. The molecule has 0 aromatic carbocycles. The van der Waals surface area contributed by atoms with E-state index in [0.717, 1.165) is 18.2 Å². The molecule has 3 heterocycles. The van der Waals surface area contributed by atoms with E-state index in [9.17, 15) is 4.79 Å². The van der Waals surface area contributed by atoms with Gasteiger partial charge in [-0.25, -0.2) is 4.98 Å². The fraction of sp³-hybridized carbons (Fsp3) is 0.500. The highest BCUT2D eigenvalue weighted by atomic mass is 16.2. The summed E-state index contributed by atoms with van der Waals surface area (Å²) in [7, 11) is 0. The van der Waals surface area contributed by atoms with Crippen molar-refractivity contribution in [3.8, 4) is 0 Å². The largest absolute Gasteiger partial charge is 0.293 e. The molecule has 3 nitrogen and oxygen atoms in total. The van der Waals surface area contributed by atoms with E-state index in [1.54, 1.807) is 6.20 Å². The van der Waals surface area contributed by atoms with Gasteiger partial charge in [-0.15, -0.1) is 0 Å². The summed E-state index contributed by atoms with van der Waals surface area (Å²) in [5.74, 6) is 2.54. The average molecular weight is 200 g/mol. The molecule has 3 heteroatoms. The van der Waals surface area contributed by atoms with Crippen molar-refractivity contribution >= 4 is 11.7 Å². The van der Waals surface area contributed by atoms with Gasteiger partial charge in [0.05, 0.1) is 0 Å². The van der Waals surface area contributed by atoms with E-state index in [-0.39, 0.29) is 5.91 Å². The Hall–Kier alpha value is -1.38. The standard InChI is InChI=1S/C12H12N2O/c15-10-4-3-7-6-9-8-2-1-5-13-12(8)14(10)11(7)9/h1-2,5,7,9,11H,3-4,6H2/t7?,9-,11-/m0/s1. The molecular formula is C12H12N2O. The van der Waals surface area contributed by atoms with Crippen LogP contribution < -0.4 is 4.90 Å². The van der Waals surface area contributed by atoms with Crippen molar-refractivity contribution in [1.29, 1.82) is 0 Å². The molecule has 1 aliphatic carbocycles. The zero-order valence-corrected chi connectivity index (χ0v) is 8.39. The maximum atomic E-state index is 11.9. The van der Waals surface area contributed by atoms with Gasteiger partial charge in [-0.2, -0.15) is 0 Å². The number of hydrogen-bond donors (Lipinski definition) is 0. The second-order valence-corrected chi connectivity index (χ2v) is 4.81. The molecule has 2 fully saturated rings. The van der Waals surface area contributed by atoms with Gasteiger partial charge in [0, 0.05) is 30.1 Å².